The van der Waals surface area contributed by atoms with Gasteiger partial charge in [-0.1, -0.05) is 26.3 Å². The Morgan fingerprint density at radius 2 is 1.79 bits per heavy atom. The molecule has 1 aliphatic rings. The third kappa shape index (κ3) is 5.95. The van der Waals surface area contributed by atoms with Gasteiger partial charge >= 0.3 is 11.9 Å². The number of hydrogen-bond donors (Lipinski definition) is 0. The van der Waals surface area contributed by atoms with Crippen molar-refractivity contribution in [2.24, 2.45) is 5.41 Å². The molecule has 0 N–H and O–H groups in total. The number of carbonyl (C=O) groups is 2. The predicted octanol–water partition coefficient (Wildman–Crippen LogP) is 4.96. The Morgan fingerprint density at radius 3 is 2.29 bits per heavy atom. The van der Waals surface area contributed by atoms with E-state index in [0.717, 1.165) is 25.7 Å². The highest BCUT2D eigenvalue weighted by Gasteiger charge is 2.35. The summed E-state index contributed by atoms with van der Waals surface area (Å²) in [6.45, 7) is 9.56. The summed E-state index contributed by atoms with van der Waals surface area (Å²) in [7, 11) is 0. The van der Waals surface area contributed by atoms with Crippen LogP contribution in [0.1, 0.15) is 86.0 Å². The zero-order valence-corrected chi connectivity index (χ0v) is 16.0. The van der Waals surface area contributed by atoms with E-state index in [1.54, 1.807) is 0 Å². The maximum Gasteiger partial charge on any atom is 0.311 e. The van der Waals surface area contributed by atoms with Gasteiger partial charge in [0.05, 0.1) is 11.8 Å². The maximum atomic E-state index is 12.4. The van der Waals surface area contributed by atoms with Crippen LogP contribution in [-0.4, -0.2) is 23.6 Å². The van der Waals surface area contributed by atoms with Crippen molar-refractivity contribution in [1.29, 1.82) is 0 Å². The Balaban J connectivity index is 2.64. The lowest BCUT2D eigenvalue weighted by atomic mass is 9.84. The van der Waals surface area contributed by atoms with Crippen molar-refractivity contribution in [3.63, 3.8) is 0 Å². The summed E-state index contributed by atoms with van der Waals surface area (Å²) in [6, 6.07) is 0. The summed E-state index contributed by atoms with van der Waals surface area (Å²) in [5.74, 6) is -0.519. The average molecular weight is 338 g/mol. The summed E-state index contributed by atoms with van der Waals surface area (Å²) in [5, 5.41) is 0. The third-order valence-corrected chi connectivity index (χ3v) is 5.05. The fourth-order valence-corrected chi connectivity index (χ4v) is 2.94. The molecule has 138 valence electrons. The monoisotopic (exact) mass is 338 g/mol. The SMILES string of the molecule is C/C=C/C1(OC(=O)CC(CC)OC(=O)C(C)(C)CC)CCCCC1. The number of rotatable bonds is 8. The van der Waals surface area contributed by atoms with Crippen molar-refractivity contribution in [2.45, 2.75) is 97.7 Å². The lowest BCUT2D eigenvalue weighted by Crippen LogP contribution is -2.37. The van der Waals surface area contributed by atoms with Crippen molar-refractivity contribution in [3.8, 4) is 0 Å². The number of hydrogen-bond acceptors (Lipinski definition) is 4. The fraction of sp³-hybridized carbons (Fsp3) is 0.800. The predicted molar refractivity (Wildman–Crippen MR) is 95.6 cm³/mol. The molecule has 4 nitrogen and oxygen atoms in total. The summed E-state index contributed by atoms with van der Waals surface area (Å²) in [4.78, 5) is 24.6. The summed E-state index contributed by atoms with van der Waals surface area (Å²) in [5.41, 5.74) is -0.984. The normalized spacial score (nSPS) is 19.0. The van der Waals surface area contributed by atoms with Gasteiger partial charge in [0.25, 0.3) is 0 Å². The topological polar surface area (TPSA) is 52.6 Å². The highest BCUT2D eigenvalue weighted by Crippen LogP contribution is 2.33. The molecule has 0 radical (unpaired) electrons. The Kier molecular flexibility index (Phi) is 7.98. The first kappa shape index (κ1) is 20.7. The molecule has 24 heavy (non-hydrogen) atoms. The Morgan fingerprint density at radius 1 is 1.17 bits per heavy atom. The summed E-state index contributed by atoms with van der Waals surface area (Å²) < 4.78 is 11.4. The van der Waals surface area contributed by atoms with E-state index in [9.17, 15) is 9.59 Å². The van der Waals surface area contributed by atoms with E-state index in [2.05, 4.69) is 0 Å². The highest BCUT2D eigenvalue weighted by molar-refractivity contribution is 5.77. The second-order valence-corrected chi connectivity index (χ2v) is 7.48. The van der Waals surface area contributed by atoms with E-state index < -0.39 is 17.1 Å². The molecule has 0 aromatic carbocycles. The smallest absolute Gasteiger partial charge is 0.311 e. The van der Waals surface area contributed by atoms with Crippen molar-refractivity contribution in [2.75, 3.05) is 0 Å². The van der Waals surface area contributed by atoms with E-state index >= 15 is 0 Å². The van der Waals surface area contributed by atoms with Gasteiger partial charge in [-0.2, -0.15) is 0 Å². The molecular formula is C20H34O4. The molecule has 0 aliphatic heterocycles. The van der Waals surface area contributed by atoms with Crippen molar-refractivity contribution < 1.29 is 19.1 Å². The lowest BCUT2D eigenvalue weighted by Gasteiger charge is -2.34. The van der Waals surface area contributed by atoms with Gasteiger partial charge in [-0.25, -0.2) is 0 Å². The van der Waals surface area contributed by atoms with E-state index in [1.807, 2.05) is 46.8 Å². The van der Waals surface area contributed by atoms with Crippen LogP contribution in [0.15, 0.2) is 12.2 Å². The first-order valence-electron chi connectivity index (χ1n) is 9.35. The quantitative estimate of drug-likeness (QED) is 0.464. The molecule has 0 amide bonds. The molecule has 0 heterocycles. The van der Waals surface area contributed by atoms with E-state index in [4.69, 9.17) is 9.47 Å². The van der Waals surface area contributed by atoms with Gasteiger partial charge in [-0.15, -0.1) is 0 Å². The average Bonchev–Trinajstić information content (AvgIpc) is 2.54. The zero-order chi connectivity index (χ0) is 18.2. The van der Waals surface area contributed by atoms with Crippen molar-refractivity contribution in [3.05, 3.63) is 12.2 Å². The number of esters is 2. The molecule has 0 aromatic rings. The van der Waals surface area contributed by atoms with Gasteiger partial charge in [0.2, 0.25) is 0 Å². The molecule has 1 aliphatic carbocycles. The maximum absolute atomic E-state index is 12.4. The molecule has 1 unspecified atom stereocenters. The molecule has 1 rings (SSSR count). The number of ether oxygens (including phenoxy) is 2. The fourth-order valence-electron chi connectivity index (χ4n) is 2.94. The van der Waals surface area contributed by atoms with E-state index in [-0.39, 0.29) is 18.4 Å². The molecular weight excluding hydrogens is 304 g/mol. The molecule has 1 atom stereocenters. The van der Waals surface area contributed by atoms with Crippen LogP contribution in [0.4, 0.5) is 0 Å². The van der Waals surface area contributed by atoms with Crippen LogP contribution in [0.25, 0.3) is 0 Å². The molecule has 0 aromatic heterocycles. The molecule has 0 saturated heterocycles. The second kappa shape index (κ2) is 9.24. The second-order valence-electron chi connectivity index (χ2n) is 7.48. The molecule has 0 bridgehead atoms. The van der Waals surface area contributed by atoms with Gasteiger partial charge in [0.1, 0.15) is 11.7 Å². The van der Waals surface area contributed by atoms with E-state index in [1.165, 1.54) is 6.42 Å². The first-order chi connectivity index (χ1) is 11.3. The van der Waals surface area contributed by atoms with Gasteiger partial charge in [0, 0.05) is 0 Å². The minimum Gasteiger partial charge on any atom is -0.461 e. The van der Waals surface area contributed by atoms with Gasteiger partial charge < -0.3 is 9.47 Å². The first-order valence-corrected chi connectivity index (χ1v) is 9.35. The standard InChI is InChI=1S/C20H34O4/c1-6-12-20(13-10-9-11-14-20)24-17(21)15-16(7-2)23-18(22)19(4,5)8-3/h6,12,16H,7-11,13-15H2,1-5H3/b12-6+. The number of carbonyl (C=O) groups excluding carboxylic acids is 2. The van der Waals surface area contributed by atoms with Gasteiger partial charge in [-0.05, 0) is 65.4 Å². The summed E-state index contributed by atoms with van der Waals surface area (Å²) >= 11 is 0. The minimum atomic E-state index is -0.521. The number of allylic oxidation sites excluding steroid dienone is 1. The Hall–Kier alpha value is -1.32. The molecule has 0 spiro atoms. The van der Waals surface area contributed by atoms with Gasteiger partial charge in [0.15, 0.2) is 0 Å². The van der Waals surface area contributed by atoms with Crippen LogP contribution in [0, 0.1) is 5.41 Å². The van der Waals surface area contributed by atoms with Crippen LogP contribution < -0.4 is 0 Å². The largest absolute Gasteiger partial charge is 0.461 e. The van der Waals surface area contributed by atoms with E-state index in [0.29, 0.717) is 12.8 Å². The molecule has 1 saturated carbocycles. The lowest BCUT2D eigenvalue weighted by molar-refractivity contribution is -0.168. The van der Waals surface area contributed by atoms with Crippen molar-refractivity contribution in [1.82, 2.24) is 0 Å². The summed E-state index contributed by atoms with van der Waals surface area (Å²) in [6.07, 6.45) is 10.1. The third-order valence-electron chi connectivity index (χ3n) is 5.05. The van der Waals surface area contributed by atoms with Crippen molar-refractivity contribution >= 4 is 11.9 Å². The van der Waals surface area contributed by atoms with Crippen LogP contribution in [-0.2, 0) is 19.1 Å². The van der Waals surface area contributed by atoms with Gasteiger partial charge in [-0.3, -0.25) is 9.59 Å². The highest BCUT2D eigenvalue weighted by atomic mass is 16.6. The Labute approximate surface area is 147 Å². The molecule has 1 fully saturated rings. The van der Waals surface area contributed by atoms with Crippen LogP contribution >= 0.6 is 0 Å². The minimum absolute atomic E-state index is 0.126. The van der Waals surface area contributed by atoms with Crippen LogP contribution in [0.2, 0.25) is 0 Å². The molecule has 4 heteroatoms. The van der Waals surface area contributed by atoms with Crippen LogP contribution in [0.5, 0.6) is 0 Å². The Bertz CT molecular complexity index is 445. The zero-order valence-electron chi connectivity index (χ0n) is 16.0. The van der Waals surface area contributed by atoms with Crippen LogP contribution in [0.3, 0.4) is 0 Å².